The maximum atomic E-state index is 12.3. The van der Waals surface area contributed by atoms with Crippen molar-refractivity contribution in [2.24, 2.45) is 5.73 Å². The van der Waals surface area contributed by atoms with Crippen LogP contribution in [0, 0.1) is 0 Å². The number of pyridine rings is 1. The molecule has 1 heterocycles. The average Bonchev–Trinajstić information content (AvgIpc) is 2.76. The second-order valence-electron chi connectivity index (χ2n) is 6.44. The number of halogens is 1. The number of anilines is 2. The fourth-order valence-corrected chi connectivity index (χ4v) is 2.97. The predicted molar refractivity (Wildman–Crippen MR) is 122 cm³/mol. The minimum absolute atomic E-state index is 0.172. The maximum absolute atomic E-state index is 12.3. The molecule has 0 aliphatic heterocycles. The number of thiol groups is 1. The molecule has 0 fully saturated rings. The van der Waals surface area contributed by atoms with Gasteiger partial charge >= 0.3 is 6.03 Å². The molecule has 0 spiro atoms. The Hall–Kier alpha value is -3.07. The Morgan fingerprint density at radius 2 is 1.57 bits per heavy atom. The first-order chi connectivity index (χ1) is 14.4. The first kappa shape index (κ1) is 21.6. The molecule has 0 saturated heterocycles. The van der Waals surface area contributed by atoms with Crippen LogP contribution < -0.4 is 16.4 Å². The van der Waals surface area contributed by atoms with Crippen molar-refractivity contribution in [1.82, 2.24) is 9.29 Å². The second kappa shape index (κ2) is 10.1. The van der Waals surface area contributed by atoms with Gasteiger partial charge in [-0.15, -0.1) is 0 Å². The van der Waals surface area contributed by atoms with Gasteiger partial charge in [-0.1, -0.05) is 36.5 Å². The van der Waals surface area contributed by atoms with Gasteiger partial charge in [-0.2, -0.15) is 0 Å². The van der Waals surface area contributed by atoms with E-state index in [1.54, 1.807) is 73.1 Å². The number of carbonyl (C=O) groups is 2. The normalized spacial score (nSPS) is 11.4. The van der Waals surface area contributed by atoms with E-state index < -0.39 is 12.1 Å². The summed E-state index contributed by atoms with van der Waals surface area (Å²) in [6.45, 7) is 0.172. The Labute approximate surface area is 184 Å². The van der Waals surface area contributed by atoms with Crippen LogP contribution >= 0.6 is 24.4 Å². The highest BCUT2D eigenvalue weighted by molar-refractivity contribution is 7.78. The van der Waals surface area contributed by atoms with E-state index >= 15 is 0 Å². The smallest absolute Gasteiger partial charge is 0.322 e. The van der Waals surface area contributed by atoms with Crippen LogP contribution in [0.15, 0.2) is 73.1 Å². The zero-order valence-electron chi connectivity index (χ0n) is 15.8. The van der Waals surface area contributed by atoms with E-state index in [1.165, 1.54) is 4.31 Å². The SMILES string of the molecule is NC(CN(S)C(=O)Nc1ccc(Cl)cc1)c1ccc(C(=O)Nc2ccncc2)cc1. The molecule has 0 aliphatic rings. The highest BCUT2D eigenvalue weighted by atomic mass is 35.5. The molecule has 154 valence electrons. The molecule has 1 atom stereocenters. The molecular formula is C21H20ClN5O2S. The van der Waals surface area contributed by atoms with E-state index in [0.29, 0.717) is 22.0 Å². The summed E-state index contributed by atoms with van der Waals surface area (Å²) < 4.78 is 1.20. The molecule has 0 aliphatic carbocycles. The third kappa shape index (κ3) is 5.96. The van der Waals surface area contributed by atoms with Crippen molar-refractivity contribution in [3.63, 3.8) is 0 Å². The van der Waals surface area contributed by atoms with Crippen LogP contribution in [0.25, 0.3) is 0 Å². The molecule has 0 bridgehead atoms. The number of amides is 3. The summed E-state index contributed by atoms with van der Waals surface area (Å²) in [5.41, 5.74) is 8.72. The van der Waals surface area contributed by atoms with Gasteiger partial charge in [-0.25, -0.2) is 4.79 Å². The highest BCUT2D eigenvalue weighted by Gasteiger charge is 2.16. The zero-order chi connectivity index (χ0) is 21.5. The second-order valence-corrected chi connectivity index (χ2v) is 7.36. The largest absolute Gasteiger partial charge is 0.331 e. The molecule has 0 radical (unpaired) electrons. The van der Waals surface area contributed by atoms with Crippen molar-refractivity contribution in [1.29, 1.82) is 0 Å². The minimum Gasteiger partial charge on any atom is -0.322 e. The first-order valence-electron chi connectivity index (χ1n) is 9.02. The minimum atomic E-state index is -0.476. The number of nitrogens with two attached hydrogens (primary N) is 1. The maximum Gasteiger partial charge on any atom is 0.331 e. The van der Waals surface area contributed by atoms with Crippen LogP contribution in [0.4, 0.5) is 16.2 Å². The molecule has 1 unspecified atom stereocenters. The van der Waals surface area contributed by atoms with Crippen molar-refractivity contribution in [3.8, 4) is 0 Å². The number of benzene rings is 2. The van der Waals surface area contributed by atoms with Crippen LogP contribution in [0.5, 0.6) is 0 Å². The van der Waals surface area contributed by atoms with E-state index in [9.17, 15) is 9.59 Å². The van der Waals surface area contributed by atoms with E-state index in [4.69, 9.17) is 17.3 Å². The Morgan fingerprint density at radius 3 is 2.20 bits per heavy atom. The van der Waals surface area contributed by atoms with Gasteiger partial charge in [-0.3, -0.25) is 14.1 Å². The number of hydrogen-bond donors (Lipinski definition) is 4. The summed E-state index contributed by atoms with van der Waals surface area (Å²) in [6.07, 6.45) is 3.20. The lowest BCUT2D eigenvalue weighted by atomic mass is 10.1. The lowest BCUT2D eigenvalue weighted by Crippen LogP contribution is -2.33. The standard InChI is InChI=1S/C21H20ClN5O2S/c22-16-5-7-17(8-6-16)26-21(29)27(30)13-19(23)14-1-3-15(4-2-14)20(28)25-18-9-11-24-12-10-18/h1-12,19,30H,13,23H2,(H,26,29)(H,24,25,28). The Morgan fingerprint density at radius 1 is 0.967 bits per heavy atom. The molecule has 4 N–H and O–H groups in total. The van der Waals surface area contributed by atoms with E-state index in [0.717, 1.165) is 5.56 Å². The number of nitrogens with one attached hydrogen (secondary N) is 2. The molecule has 30 heavy (non-hydrogen) atoms. The quantitative estimate of drug-likeness (QED) is 0.427. The molecule has 2 aromatic carbocycles. The van der Waals surface area contributed by atoms with Crippen LogP contribution in [0.3, 0.4) is 0 Å². The summed E-state index contributed by atoms with van der Waals surface area (Å²) >= 11 is 10.1. The van der Waals surface area contributed by atoms with Crippen molar-refractivity contribution in [2.45, 2.75) is 6.04 Å². The zero-order valence-corrected chi connectivity index (χ0v) is 17.5. The number of hydrogen-bond acceptors (Lipinski definition) is 5. The third-order valence-electron chi connectivity index (χ3n) is 4.24. The van der Waals surface area contributed by atoms with Gasteiger partial charge in [0.15, 0.2) is 0 Å². The molecule has 9 heteroatoms. The van der Waals surface area contributed by atoms with Crippen molar-refractivity contribution in [2.75, 3.05) is 17.2 Å². The highest BCUT2D eigenvalue weighted by Crippen LogP contribution is 2.18. The summed E-state index contributed by atoms with van der Waals surface area (Å²) in [6, 6.07) is 16.1. The van der Waals surface area contributed by atoms with Crippen molar-refractivity contribution >= 4 is 47.7 Å². The summed E-state index contributed by atoms with van der Waals surface area (Å²) in [5, 5.41) is 6.08. The van der Waals surface area contributed by atoms with Gasteiger partial charge in [0.1, 0.15) is 0 Å². The molecule has 3 rings (SSSR count). The van der Waals surface area contributed by atoms with Crippen LogP contribution in [0.1, 0.15) is 22.0 Å². The van der Waals surface area contributed by atoms with Crippen LogP contribution in [-0.4, -0.2) is 27.8 Å². The molecule has 1 aromatic heterocycles. The fraction of sp³-hybridized carbons (Fsp3) is 0.0952. The molecular weight excluding hydrogens is 422 g/mol. The monoisotopic (exact) mass is 441 g/mol. The number of carbonyl (C=O) groups excluding carboxylic acids is 2. The number of rotatable bonds is 6. The molecule has 3 amide bonds. The topological polar surface area (TPSA) is 100 Å². The fourth-order valence-electron chi connectivity index (χ4n) is 2.62. The van der Waals surface area contributed by atoms with Gasteiger partial charge < -0.3 is 16.4 Å². The van der Waals surface area contributed by atoms with Gasteiger partial charge in [-0.05, 0) is 54.1 Å². The van der Waals surface area contributed by atoms with E-state index in [2.05, 4.69) is 28.4 Å². The Kier molecular flexibility index (Phi) is 7.29. The summed E-state index contributed by atoms with van der Waals surface area (Å²) in [5.74, 6) is -0.237. The number of aromatic nitrogens is 1. The Bertz CT molecular complexity index is 1000. The molecule has 3 aromatic rings. The lowest BCUT2D eigenvalue weighted by Gasteiger charge is -2.21. The van der Waals surface area contributed by atoms with Crippen LogP contribution in [-0.2, 0) is 0 Å². The summed E-state index contributed by atoms with van der Waals surface area (Å²) in [4.78, 5) is 28.5. The Balaban J connectivity index is 1.55. The van der Waals surface area contributed by atoms with Gasteiger partial charge in [0, 0.05) is 40.4 Å². The average molecular weight is 442 g/mol. The number of nitrogens with zero attached hydrogens (tertiary/aromatic N) is 2. The lowest BCUT2D eigenvalue weighted by molar-refractivity contribution is 0.102. The molecule has 0 saturated carbocycles. The summed E-state index contributed by atoms with van der Waals surface area (Å²) in [7, 11) is 0. The first-order valence-corrected chi connectivity index (χ1v) is 9.80. The van der Waals surface area contributed by atoms with Crippen molar-refractivity contribution in [3.05, 3.63) is 89.2 Å². The third-order valence-corrected chi connectivity index (χ3v) is 4.84. The van der Waals surface area contributed by atoms with Crippen LogP contribution in [0.2, 0.25) is 5.02 Å². The van der Waals surface area contributed by atoms with E-state index in [-0.39, 0.29) is 12.5 Å². The van der Waals surface area contributed by atoms with Gasteiger partial charge in [0.05, 0.1) is 6.54 Å². The van der Waals surface area contributed by atoms with Gasteiger partial charge in [0.25, 0.3) is 5.91 Å². The molecule has 7 nitrogen and oxygen atoms in total. The predicted octanol–water partition coefficient (Wildman–Crippen LogP) is 4.37. The van der Waals surface area contributed by atoms with Crippen molar-refractivity contribution < 1.29 is 9.59 Å². The van der Waals surface area contributed by atoms with E-state index in [1.807, 2.05) is 0 Å². The van der Waals surface area contributed by atoms with Gasteiger partial charge in [0.2, 0.25) is 0 Å². The number of urea groups is 1.